The fourth-order valence-corrected chi connectivity index (χ4v) is 4.39. The van der Waals surface area contributed by atoms with E-state index in [1.165, 1.54) is 5.56 Å². The fraction of sp³-hybridized carbons (Fsp3) is 0.542. The van der Waals surface area contributed by atoms with Crippen LogP contribution >= 0.6 is 0 Å². The molecule has 3 aromatic rings. The maximum Gasteiger partial charge on any atom is 0.222 e. The number of aromatic nitrogens is 4. The summed E-state index contributed by atoms with van der Waals surface area (Å²) in [6, 6.07) is 6.40. The van der Waals surface area contributed by atoms with E-state index < -0.39 is 0 Å². The van der Waals surface area contributed by atoms with Gasteiger partial charge in [-0.15, -0.1) is 0 Å². The monoisotopic (exact) mass is 468 g/mol. The maximum atomic E-state index is 9.14. The molecule has 1 saturated heterocycles. The number of fused-ring (bicyclic) bond motifs is 1. The molecule has 0 spiro atoms. The lowest BCUT2D eigenvalue weighted by atomic mass is 10.1. The molecule has 184 valence electrons. The number of anilines is 2. The molecule has 0 saturated carbocycles. The molecule has 3 heterocycles. The molecule has 4 rings (SSSR count). The smallest absolute Gasteiger partial charge is 0.222 e. The number of β-amino-alcohol motifs (C(OH)–C–C–N with tert-alkyl or cyclic N) is 1. The predicted octanol–water partition coefficient (Wildman–Crippen LogP) is 1.79. The third-order valence-corrected chi connectivity index (χ3v) is 6.29. The number of rotatable bonds is 11. The van der Waals surface area contributed by atoms with E-state index in [4.69, 9.17) is 15.6 Å². The number of nitrogen functional groups attached to an aromatic ring is 1. The zero-order valence-electron chi connectivity index (χ0n) is 20.2. The van der Waals surface area contributed by atoms with Crippen LogP contribution in [0.1, 0.15) is 30.9 Å². The van der Waals surface area contributed by atoms with Crippen LogP contribution in [0, 0.1) is 0 Å². The highest BCUT2D eigenvalue weighted by atomic mass is 16.5. The lowest BCUT2D eigenvalue weighted by Crippen LogP contribution is -2.46. The first-order valence-corrected chi connectivity index (χ1v) is 12.1. The standard InChI is InChI=1S/C24H36N8O2/c1-3-4-7-26-23-22-20(28-24(25)29-23)15-27-32(22)17-19-6-5-18(14-21(19)34-2)16-31-10-8-30(9-11-31)12-13-33/h5-6,14-15,33H,3-4,7-13,16-17H2,1-2H3,(H3,25,26,28,29). The summed E-state index contributed by atoms with van der Waals surface area (Å²) in [6.45, 7) is 9.36. The summed E-state index contributed by atoms with van der Waals surface area (Å²) in [6.07, 6.45) is 3.87. The number of nitrogens with zero attached hydrogens (tertiary/aromatic N) is 6. The van der Waals surface area contributed by atoms with Gasteiger partial charge in [-0.25, -0.2) is 4.98 Å². The molecule has 1 aliphatic rings. The van der Waals surface area contributed by atoms with Gasteiger partial charge in [0.15, 0.2) is 5.82 Å². The van der Waals surface area contributed by atoms with Gasteiger partial charge in [0.1, 0.15) is 16.8 Å². The number of nitrogens with two attached hydrogens (primary N) is 1. The van der Waals surface area contributed by atoms with Gasteiger partial charge < -0.3 is 20.9 Å². The Balaban J connectivity index is 1.50. The largest absolute Gasteiger partial charge is 0.496 e. The highest BCUT2D eigenvalue weighted by Crippen LogP contribution is 2.26. The molecule has 1 aromatic carbocycles. The first-order valence-electron chi connectivity index (χ1n) is 12.1. The van der Waals surface area contributed by atoms with Crippen LogP contribution in [0.3, 0.4) is 0 Å². The van der Waals surface area contributed by atoms with E-state index in [9.17, 15) is 0 Å². The van der Waals surface area contributed by atoms with Crippen molar-refractivity contribution in [2.45, 2.75) is 32.9 Å². The topological polar surface area (TPSA) is 118 Å². The van der Waals surface area contributed by atoms with Crippen molar-refractivity contribution in [3.63, 3.8) is 0 Å². The number of piperazine rings is 1. The molecule has 4 N–H and O–H groups in total. The first-order chi connectivity index (χ1) is 16.6. The Morgan fingerprint density at radius 2 is 1.91 bits per heavy atom. The number of hydrogen-bond donors (Lipinski definition) is 3. The van der Waals surface area contributed by atoms with Crippen LogP contribution in [0.15, 0.2) is 24.4 Å². The van der Waals surface area contributed by atoms with Crippen molar-refractivity contribution in [3.8, 4) is 5.75 Å². The summed E-state index contributed by atoms with van der Waals surface area (Å²) in [5.74, 6) is 1.80. The van der Waals surface area contributed by atoms with Gasteiger partial charge in [-0.2, -0.15) is 10.1 Å². The van der Waals surface area contributed by atoms with E-state index in [1.54, 1.807) is 13.3 Å². The number of unbranched alkanes of at least 4 members (excludes halogenated alkanes) is 1. The molecule has 0 unspecified atom stereocenters. The SMILES string of the molecule is CCCCNc1nc(N)nc2cnn(Cc3ccc(CN4CCN(CCO)CC4)cc3OC)c12. The van der Waals surface area contributed by atoms with E-state index in [0.717, 1.165) is 81.0 Å². The van der Waals surface area contributed by atoms with Crippen LogP contribution in [0.2, 0.25) is 0 Å². The second-order valence-electron chi connectivity index (χ2n) is 8.73. The van der Waals surface area contributed by atoms with Gasteiger partial charge in [-0.05, 0) is 18.1 Å². The van der Waals surface area contributed by atoms with Gasteiger partial charge in [0, 0.05) is 51.4 Å². The van der Waals surface area contributed by atoms with Crippen molar-refractivity contribution in [1.82, 2.24) is 29.5 Å². The van der Waals surface area contributed by atoms with Gasteiger partial charge in [-0.3, -0.25) is 14.5 Å². The van der Waals surface area contributed by atoms with Gasteiger partial charge in [0.05, 0.1) is 26.5 Å². The van der Waals surface area contributed by atoms with Crippen LogP contribution in [0.5, 0.6) is 5.75 Å². The Morgan fingerprint density at radius 3 is 2.65 bits per heavy atom. The lowest BCUT2D eigenvalue weighted by Gasteiger charge is -2.34. The molecular formula is C24H36N8O2. The van der Waals surface area contributed by atoms with Gasteiger partial charge >= 0.3 is 0 Å². The summed E-state index contributed by atoms with van der Waals surface area (Å²) in [7, 11) is 1.71. The van der Waals surface area contributed by atoms with E-state index in [-0.39, 0.29) is 12.6 Å². The molecule has 2 aromatic heterocycles. The quantitative estimate of drug-likeness (QED) is 0.362. The zero-order valence-corrected chi connectivity index (χ0v) is 20.2. The van der Waals surface area contributed by atoms with Crippen LogP contribution in [-0.4, -0.2) is 87.6 Å². The van der Waals surface area contributed by atoms with E-state index in [2.05, 4.69) is 55.3 Å². The van der Waals surface area contributed by atoms with Crippen molar-refractivity contribution in [2.24, 2.45) is 0 Å². The Labute approximate surface area is 200 Å². The van der Waals surface area contributed by atoms with Gasteiger partial charge in [0.25, 0.3) is 0 Å². The minimum Gasteiger partial charge on any atom is -0.496 e. The zero-order chi connectivity index (χ0) is 23.9. The third-order valence-electron chi connectivity index (χ3n) is 6.29. The van der Waals surface area contributed by atoms with Crippen molar-refractivity contribution >= 4 is 22.8 Å². The second-order valence-corrected chi connectivity index (χ2v) is 8.73. The molecule has 0 amide bonds. The summed E-state index contributed by atoms with van der Waals surface area (Å²) in [4.78, 5) is 13.5. The van der Waals surface area contributed by atoms with Crippen LogP contribution < -0.4 is 15.8 Å². The van der Waals surface area contributed by atoms with Crippen LogP contribution in [0.4, 0.5) is 11.8 Å². The Bertz CT molecular complexity index is 1080. The number of benzene rings is 1. The minimum absolute atomic E-state index is 0.222. The molecule has 0 aliphatic carbocycles. The molecule has 34 heavy (non-hydrogen) atoms. The molecule has 1 fully saturated rings. The van der Waals surface area contributed by atoms with Crippen molar-refractivity contribution in [1.29, 1.82) is 0 Å². The summed E-state index contributed by atoms with van der Waals surface area (Å²) >= 11 is 0. The number of ether oxygens (including phenoxy) is 1. The molecule has 1 aliphatic heterocycles. The highest BCUT2D eigenvalue weighted by molar-refractivity contribution is 5.86. The highest BCUT2D eigenvalue weighted by Gasteiger charge is 2.18. The Morgan fingerprint density at radius 1 is 1.12 bits per heavy atom. The molecular weight excluding hydrogens is 432 g/mol. The van der Waals surface area contributed by atoms with E-state index >= 15 is 0 Å². The van der Waals surface area contributed by atoms with Crippen molar-refractivity contribution < 1.29 is 9.84 Å². The van der Waals surface area contributed by atoms with E-state index in [1.807, 2.05) is 4.68 Å². The number of aliphatic hydroxyl groups is 1. The van der Waals surface area contributed by atoms with E-state index in [0.29, 0.717) is 12.4 Å². The molecule has 0 radical (unpaired) electrons. The minimum atomic E-state index is 0.222. The van der Waals surface area contributed by atoms with Crippen LogP contribution in [0.25, 0.3) is 11.0 Å². The average molecular weight is 469 g/mol. The normalized spacial score (nSPS) is 15.1. The number of aliphatic hydroxyl groups excluding tert-OH is 1. The predicted molar refractivity (Wildman–Crippen MR) is 134 cm³/mol. The number of hydrogen-bond acceptors (Lipinski definition) is 9. The third kappa shape index (κ3) is 5.75. The maximum absolute atomic E-state index is 9.14. The summed E-state index contributed by atoms with van der Waals surface area (Å²) in [5, 5.41) is 17.1. The summed E-state index contributed by atoms with van der Waals surface area (Å²) in [5.41, 5.74) is 9.75. The molecule has 10 nitrogen and oxygen atoms in total. The number of nitrogens with one attached hydrogen (secondary N) is 1. The molecule has 10 heteroatoms. The average Bonchev–Trinajstić information content (AvgIpc) is 3.24. The fourth-order valence-electron chi connectivity index (χ4n) is 4.39. The van der Waals surface area contributed by atoms with Crippen molar-refractivity contribution in [3.05, 3.63) is 35.5 Å². The molecule has 0 bridgehead atoms. The Kier molecular flexibility index (Phi) is 8.15. The first kappa shape index (κ1) is 24.2. The lowest BCUT2D eigenvalue weighted by molar-refractivity contribution is 0.108. The van der Waals surface area contributed by atoms with Gasteiger partial charge in [0.2, 0.25) is 5.95 Å². The number of methoxy groups -OCH3 is 1. The van der Waals surface area contributed by atoms with Gasteiger partial charge in [-0.1, -0.05) is 25.5 Å². The summed E-state index contributed by atoms with van der Waals surface area (Å²) < 4.78 is 7.66. The second kappa shape index (κ2) is 11.5. The van der Waals surface area contributed by atoms with Crippen LogP contribution in [-0.2, 0) is 13.1 Å². The Hall–Kier alpha value is -2.95. The van der Waals surface area contributed by atoms with Crippen molar-refractivity contribution in [2.75, 3.05) is 64.0 Å². The molecule has 0 atom stereocenters.